The van der Waals surface area contributed by atoms with Crippen molar-refractivity contribution in [2.75, 3.05) is 13.7 Å². The van der Waals surface area contributed by atoms with Crippen molar-refractivity contribution in [1.82, 2.24) is 5.32 Å². The van der Waals surface area contributed by atoms with E-state index in [0.717, 1.165) is 13.0 Å². The van der Waals surface area contributed by atoms with Crippen LogP contribution in [0.5, 0.6) is 0 Å². The molecule has 0 fully saturated rings. The number of hydrogen-bond donors (Lipinski definition) is 2. The van der Waals surface area contributed by atoms with Crippen molar-refractivity contribution in [3.05, 3.63) is 35.4 Å². The summed E-state index contributed by atoms with van der Waals surface area (Å²) < 4.78 is 5.16. The second kappa shape index (κ2) is 7.39. The van der Waals surface area contributed by atoms with Crippen LogP contribution in [0.15, 0.2) is 24.3 Å². The number of aliphatic hydroxyl groups excluding tert-OH is 1. The fourth-order valence-electron chi connectivity index (χ4n) is 1.61. The summed E-state index contributed by atoms with van der Waals surface area (Å²) in [6.07, 6.45) is 0.784. The van der Waals surface area contributed by atoms with Crippen molar-refractivity contribution >= 4 is 0 Å². The molecule has 0 bridgehead atoms. The number of nitrogens with one attached hydrogen (secondary N) is 1. The summed E-state index contributed by atoms with van der Waals surface area (Å²) in [6.45, 7) is 3.77. The van der Waals surface area contributed by atoms with Gasteiger partial charge in [0.1, 0.15) is 0 Å². The minimum absolute atomic E-state index is 0.230. The molecule has 0 aliphatic carbocycles. The third kappa shape index (κ3) is 4.31. The van der Waals surface area contributed by atoms with Crippen LogP contribution in [0.2, 0.25) is 0 Å². The first kappa shape index (κ1) is 13.2. The Morgan fingerprint density at radius 2 is 2.00 bits per heavy atom. The van der Waals surface area contributed by atoms with Gasteiger partial charge in [-0.2, -0.15) is 0 Å². The van der Waals surface area contributed by atoms with Gasteiger partial charge in [0, 0.05) is 26.3 Å². The minimum atomic E-state index is 0.230. The Kier molecular flexibility index (Phi) is 6.08. The molecule has 0 amide bonds. The van der Waals surface area contributed by atoms with Crippen molar-refractivity contribution in [2.24, 2.45) is 0 Å². The molecule has 0 saturated carbocycles. The molecule has 0 spiro atoms. The zero-order valence-corrected chi connectivity index (χ0v) is 10.1. The standard InChI is InChI=1S/C13H21NO2/c1-11(7-8-15)14-9-12-5-3-4-6-13(12)10-16-2/h3-6,11,14-15H,7-10H2,1-2H3. The molecule has 0 aliphatic rings. The van der Waals surface area contributed by atoms with E-state index in [2.05, 4.69) is 24.4 Å². The van der Waals surface area contributed by atoms with Crippen molar-refractivity contribution in [3.63, 3.8) is 0 Å². The highest BCUT2D eigenvalue weighted by Crippen LogP contribution is 2.10. The Hall–Kier alpha value is -0.900. The minimum Gasteiger partial charge on any atom is -0.396 e. The van der Waals surface area contributed by atoms with Gasteiger partial charge in [0.2, 0.25) is 0 Å². The van der Waals surface area contributed by atoms with Gasteiger partial charge in [-0.15, -0.1) is 0 Å². The van der Waals surface area contributed by atoms with Crippen molar-refractivity contribution in [3.8, 4) is 0 Å². The Labute approximate surface area is 97.4 Å². The van der Waals surface area contributed by atoms with Gasteiger partial charge in [0.25, 0.3) is 0 Å². The van der Waals surface area contributed by atoms with E-state index < -0.39 is 0 Å². The Balaban J connectivity index is 2.52. The van der Waals surface area contributed by atoms with Crippen LogP contribution in [0.25, 0.3) is 0 Å². The number of ether oxygens (including phenoxy) is 1. The molecule has 1 aromatic carbocycles. The maximum atomic E-state index is 8.81. The van der Waals surface area contributed by atoms with Crippen LogP contribution < -0.4 is 5.32 Å². The molecule has 0 radical (unpaired) electrons. The topological polar surface area (TPSA) is 41.5 Å². The highest BCUT2D eigenvalue weighted by atomic mass is 16.5. The summed E-state index contributed by atoms with van der Waals surface area (Å²) in [7, 11) is 1.71. The molecule has 0 heterocycles. The van der Waals surface area contributed by atoms with Crippen molar-refractivity contribution < 1.29 is 9.84 Å². The van der Waals surface area contributed by atoms with Gasteiger partial charge in [-0.1, -0.05) is 24.3 Å². The quantitative estimate of drug-likeness (QED) is 0.739. The van der Waals surface area contributed by atoms with Crippen LogP contribution in [0.3, 0.4) is 0 Å². The molecule has 0 saturated heterocycles. The Morgan fingerprint density at radius 1 is 1.31 bits per heavy atom. The zero-order chi connectivity index (χ0) is 11.8. The van der Waals surface area contributed by atoms with Crippen LogP contribution >= 0.6 is 0 Å². The number of rotatable bonds is 7. The normalized spacial score (nSPS) is 12.7. The van der Waals surface area contributed by atoms with E-state index in [-0.39, 0.29) is 6.61 Å². The first-order chi connectivity index (χ1) is 7.77. The van der Waals surface area contributed by atoms with Gasteiger partial charge in [-0.05, 0) is 24.5 Å². The lowest BCUT2D eigenvalue weighted by Gasteiger charge is -2.14. The third-order valence-electron chi connectivity index (χ3n) is 2.62. The molecule has 1 aromatic rings. The van der Waals surface area contributed by atoms with Gasteiger partial charge >= 0.3 is 0 Å². The molecule has 3 nitrogen and oxygen atoms in total. The van der Waals surface area contributed by atoms with E-state index >= 15 is 0 Å². The predicted molar refractivity (Wildman–Crippen MR) is 65.2 cm³/mol. The number of methoxy groups -OCH3 is 1. The van der Waals surface area contributed by atoms with E-state index in [1.54, 1.807) is 7.11 Å². The van der Waals surface area contributed by atoms with Crippen molar-refractivity contribution in [2.45, 2.75) is 32.5 Å². The molecular weight excluding hydrogens is 202 g/mol. The van der Waals surface area contributed by atoms with E-state index in [1.807, 2.05) is 12.1 Å². The molecule has 3 heteroatoms. The van der Waals surface area contributed by atoms with Crippen LogP contribution in [-0.4, -0.2) is 24.9 Å². The molecule has 0 aliphatic heterocycles. The molecular formula is C13H21NO2. The SMILES string of the molecule is COCc1ccccc1CNC(C)CCO. The molecule has 16 heavy (non-hydrogen) atoms. The molecule has 0 aromatic heterocycles. The Morgan fingerprint density at radius 3 is 2.62 bits per heavy atom. The monoisotopic (exact) mass is 223 g/mol. The van der Waals surface area contributed by atoms with Crippen LogP contribution in [-0.2, 0) is 17.9 Å². The summed E-state index contributed by atoms with van der Waals surface area (Å²) in [5.74, 6) is 0. The maximum absolute atomic E-state index is 8.81. The summed E-state index contributed by atoms with van der Waals surface area (Å²) >= 11 is 0. The first-order valence-corrected chi connectivity index (χ1v) is 5.68. The lowest BCUT2D eigenvalue weighted by atomic mass is 10.1. The Bertz CT molecular complexity index is 302. The van der Waals surface area contributed by atoms with Gasteiger partial charge in [-0.3, -0.25) is 0 Å². The highest BCUT2D eigenvalue weighted by Gasteiger charge is 2.04. The third-order valence-corrected chi connectivity index (χ3v) is 2.62. The fourth-order valence-corrected chi connectivity index (χ4v) is 1.61. The van der Waals surface area contributed by atoms with Crippen molar-refractivity contribution in [1.29, 1.82) is 0 Å². The first-order valence-electron chi connectivity index (χ1n) is 5.68. The second-order valence-corrected chi connectivity index (χ2v) is 4.00. The lowest BCUT2D eigenvalue weighted by Crippen LogP contribution is -2.26. The number of aliphatic hydroxyl groups is 1. The molecule has 90 valence electrons. The van der Waals surface area contributed by atoms with Gasteiger partial charge in [0.15, 0.2) is 0 Å². The smallest absolute Gasteiger partial charge is 0.0716 e. The van der Waals surface area contributed by atoms with E-state index in [1.165, 1.54) is 11.1 Å². The predicted octanol–water partition coefficient (Wildman–Crippen LogP) is 1.69. The van der Waals surface area contributed by atoms with E-state index in [9.17, 15) is 0 Å². The fraction of sp³-hybridized carbons (Fsp3) is 0.538. The molecule has 1 rings (SSSR count). The molecule has 2 N–H and O–H groups in total. The van der Waals surface area contributed by atoms with Gasteiger partial charge < -0.3 is 15.2 Å². The second-order valence-electron chi connectivity index (χ2n) is 4.00. The molecule has 1 unspecified atom stereocenters. The van der Waals surface area contributed by atoms with E-state index in [4.69, 9.17) is 9.84 Å². The average molecular weight is 223 g/mol. The lowest BCUT2D eigenvalue weighted by molar-refractivity contribution is 0.184. The summed E-state index contributed by atoms with van der Waals surface area (Å²) in [5, 5.41) is 12.2. The van der Waals surface area contributed by atoms with Gasteiger partial charge in [0.05, 0.1) is 6.61 Å². The molecule has 1 atom stereocenters. The summed E-state index contributed by atoms with van der Waals surface area (Å²) in [6, 6.07) is 8.58. The number of hydrogen-bond acceptors (Lipinski definition) is 3. The zero-order valence-electron chi connectivity index (χ0n) is 10.1. The van der Waals surface area contributed by atoms with Crippen LogP contribution in [0.1, 0.15) is 24.5 Å². The average Bonchev–Trinajstić information content (AvgIpc) is 2.29. The van der Waals surface area contributed by atoms with Crippen LogP contribution in [0.4, 0.5) is 0 Å². The maximum Gasteiger partial charge on any atom is 0.0716 e. The largest absolute Gasteiger partial charge is 0.396 e. The van der Waals surface area contributed by atoms with Crippen LogP contribution in [0, 0.1) is 0 Å². The summed E-state index contributed by atoms with van der Waals surface area (Å²) in [4.78, 5) is 0. The van der Waals surface area contributed by atoms with Gasteiger partial charge in [-0.25, -0.2) is 0 Å². The highest BCUT2D eigenvalue weighted by molar-refractivity contribution is 5.26. The number of benzene rings is 1. The summed E-state index contributed by atoms with van der Waals surface area (Å²) in [5.41, 5.74) is 2.47. The van der Waals surface area contributed by atoms with E-state index in [0.29, 0.717) is 12.6 Å².